The van der Waals surface area contributed by atoms with Crippen LogP contribution in [0.2, 0.25) is 0 Å². The third-order valence-electron chi connectivity index (χ3n) is 6.54. The quantitative estimate of drug-likeness (QED) is 0.111. The van der Waals surface area contributed by atoms with E-state index in [1.165, 1.54) is 19.4 Å². The summed E-state index contributed by atoms with van der Waals surface area (Å²) in [5, 5.41) is 8.76. The van der Waals surface area contributed by atoms with Crippen molar-refractivity contribution in [2.24, 2.45) is 11.3 Å². The Morgan fingerprint density at radius 2 is 1.76 bits per heavy atom. The predicted molar refractivity (Wildman–Crippen MR) is 177 cm³/mol. The lowest BCUT2D eigenvalue weighted by Crippen LogP contribution is -2.52. The Bertz CT molecular complexity index is 1200. The number of carbonyl (C=O) groups is 4. The fraction of sp³-hybridized carbons (Fsp3) is 0.529. The van der Waals surface area contributed by atoms with Crippen molar-refractivity contribution in [1.29, 1.82) is 0 Å². The molecule has 0 aromatic rings. The minimum Gasteiger partial charge on any atom is -0.490 e. The number of ether oxygens (including phenoxy) is 3. The van der Waals surface area contributed by atoms with Crippen molar-refractivity contribution in [2.75, 3.05) is 7.11 Å². The van der Waals surface area contributed by atoms with Crippen LogP contribution in [0.4, 0.5) is 4.79 Å². The summed E-state index contributed by atoms with van der Waals surface area (Å²) in [4.78, 5) is 49.6. The molecule has 1 rings (SSSR count). The Morgan fingerprint density at radius 3 is 2.33 bits per heavy atom. The third kappa shape index (κ3) is 16.2. The van der Waals surface area contributed by atoms with Gasteiger partial charge in [-0.1, -0.05) is 81.3 Å². The van der Waals surface area contributed by atoms with Gasteiger partial charge in [0.2, 0.25) is 11.8 Å². The molecule has 3 N–H and O–H groups in total. The number of halogens is 1. The van der Waals surface area contributed by atoms with Crippen molar-refractivity contribution >= 4 is 35.5 Å². The van der Waals surface area contributed by atoms with E-state index < -0.39 is 35.5 Å². The number of hydrogen-bond acceptors (Lipinski definition) is 7. The number of methoxy groups -OCH3 is 1. The number of esters is 1. The fourth-order valence-corrected chi connectivity index (χ4v) is 4.27. The molecule has 0 saturated carbocycles. The molecule has 0 fully saturated rings. The number of alkyl carbamates (subject to hydrolysis) is 1. The van der Waals surface area contributed by atoms with Gasteiger partial charge in [0.15, 0.2) is 5.76 Å². The average molecular weight is 648 g/mol. The maximum absolute atomic E-state index is 13.0. The van der Waals surface area contributed by atoms with Gasteiger partial charge in [-0.15, -0.1) is 0 Å². The third-order valence-corrected chi connectivity index (χ3v) is 6.70. The highest BCUT2D eigenvalue weighted by atomic mass is 35.5. The summed E-state index contributed by atoms with van der Waals surface area (Å²) >= 11 is 5.94. The maximum Gasteiger partial charge on any atom is 0.407 e. The predicted octanol–water partition coefficient (Wildman–Crippen LogP) is 6.11. The van der Waals surface area contributed by atoms with Gasteiger partial charge in [-0.25, -0.2) is 9.59 Å². The first-order chi connectivity index (χ1) is 21.0. The number of hydrogen-bond donors (Lipinski definition) is 3. The van der Waals surface area contributed by atoms with E-state index in [2.05, 4.69) is 16.0 Å². The molecule has 1 heterocycles. The van der Waals surface area contributed by atoms with Crippen LogP contribution in [0.5, 0.6) is 0 Å². The van der Waals surface area contributed by atoms with Gasteiger partial charge < -0.3 is 30.2 Å². The van der Waals surface area contributed by atoms with E-state index in [-0.39, 0.29) is 29.7 Å². The molecule has 0 aromatic heterocycles. The van der Waals surface area contributed by atoms with Crippen LogP contribution in [0.1, 0.15) is 74.7 Å². The van der Waals surface area contributed by atoms with Crippen LogP contribution in [-0.4, -0.2) is 55.3 Å². The van der Waals surface area contributed by atoms with Crippen LogP contribution in [-0.2, 0) is 28.6 Å². The lowest BCUT2D eigenvalue weighted by Gasteiger charge is -2.29. The van der Waals surface area contributed by atoms with Crippen LogP contribution in [0.15, 0.2) is 71.2 Å². The van der Waals surface area contributed by atoms with Crippen molar-refractivity contribution in [3.8, 4) is 0 Å². The molecule has 250 valence electrons. The molecular formula is C34H50ClN3O7. The van der Waals surface area contributed by atoms with Gasteiger partial charge in [-0.05, 0) is 45.4 Å². The second-order valence-electron chi connectivity index (χ2n) is 12.2. The largest absolute Gasteiger partial charge is 0.490 e. The van der Waals surface area contributed by atoms with Crippen molar-refractivity contribution in [2.45, 2.75) is 98.9 Å². The first kappa shape index (κ1) is 39.2. The zero-order valence-corrected chi connectivity index (χ0v) is 28.7. The van der Waals surface area contributed by atoms with Gasteiger partial charge in [-0.3, -0.25) is 9.59 Å². The van der Waals surface area contributed by atoms with Crippen LogP contribution >= 0.6 is 11.6 Å². The second kappa shape index (κ2) is 19.6. The summed E-state index contributed by atoms with van der Waals surface area (Å²) in [5.41, 5.74) is 0.364. The van der Waals surface area contributed by atoms with Crippen LogP contribution < -0.4 is 16.0 Å². The summed E-state index contributed by atoms with van der Waals surface area (Å²) in [7, 11) is 1.44. The van der Waals surface area contributed by atoms with Gasteiger partial charge in [-0.2, -0.15) is 0 Å². The van der Waals surface area contributed by atoms with Crippen molar-refractivity contribution in [3.05, 3.63) is 71.2 Å². The number of rotatable bonds is 15. The van der Waals surface area contributed by atoms with Crippen molar-refractivity contribution in [3.63, 3.8) is 0 Å². The monoisotopic (exact) mass is 647 g/mol. The molecule has 10 nitrogen and oxygen atoms in total. The Hall–Kier alpha value is -3.79. The lowest BCUT2D eigenvalue weighted by molar-refractivity contribution is -0.151. The summed E-state index contributed by atoms with van der Waals surface area (Å²) < 4.78 is 15.9. The van der Waals surface area contributed by atoms with E-state index in [9.17, 15) is 19.2 Å². The van der Waals surface area contributed by atoms with Gasteiger partial charge >= 0.3 is 12.1 Å². The topological polar surface area (TPSA) is 132 Å². The molecule has 0 spiro atoms. The Balaban J connectivity index is 2.73. The molecule has 0 unspecified atom stereocenters. The molecule has 0 saturated heterocycles. The van der Waals surface area contributed by atoms with Gasteiger partial charge in [0.25, 0.3) is 0 Å². The zero-order valence-electron chi connectivity index (χ0n) is 27.9. The molecule has 0 aromatic carbocycles. The summed E-state index contributed by atoms with van der Waals surface area (Å²) in [6, 6.07) is -0.884. The first-order valence-corrected chi connectivity index (χ1v) is 15.4. The minimum absolute atomic E-state index is 0.0184. The Kier molecular flexibility index (Phi) is 17.1. The van der Waals surface area contributed by atoms with Crippen LogP contribution in [0.3, 0.4) is 0 Å². The number of allylic oxidation sites excluding steroid dienone is 5. The molecule has 0 bridgehead atoms. The molecular weight excluding hydrogens is 598 g/mol. The average Bonchev–Trinajstić information content (AvgIpc) is 2.93. The standard InChI is InChI=1S/C34H50ClN3O7/c1-22(2)37-33(42)44-26(17-16-25(5)35)14-12-20-36-31(40)30(34(6,7)8)38-29(39)15-11-10-13-23(3)21-24(4)27-18-19-28(43-9)32(41)45-27/h10-13,15-16,19-22,24,26-27,30H,14,17-18H2,1-9H3,(H,36,40)(H,37,42)(H,38,39)/b13-10-,15-11-,20-12-,23-21+,25-16+/t24-,26+,27-,30+/m0/s1. The Labute approximate surface area is 273 Å². The number of nitrogens with one attached hydrogen (secondary N) is 3. The van der Waals surface area contributed by atoms with Crippen LogP contribution in [0.25, 0.3) is 0 Å². The number of amides is 3. The van der Waals surface area contributed by atoms with Crippen molar-refractivity contribution in [1.82, 2.24) is 16.0 Å². The van der Waals surface area contributed by atoms with E-state index in [0.29, 0.717) is 24.3 Å². The van der Waals surface area contributed by atoms with E-state index in [1.807, 2.05) is 60.6 Å². The smallest absolute Gasteiger partial charge is 0.407 e. The SMILES string of the molecule is COC1=CC[C@@H]([C@@H](C)/C=C(C)/C=C\C=C/C(=O)N[C@H](C(=O)N/C=C\C[C@H](C/C=C(\C)Cl)OC(=O)NC(C)C)C(C)(C)C)OC1=O. The van der Waals surface area contributed by atoms with Gasteiger partial charge in [0.05, 0.1) is 7.11 Å². The van der Waals surface area contributed by atoms with Crippen molar-refractivity contribution < 1.29 is 33.4 Å². The lowest BCUT2D eigenvalue weighted by atomic mass is 9.86. The Morgan fingerprint density at radius 1 is 1.09 bits per heavy atom. The zero-order chi connectivity index (χ0) is 34.2. The summed E-state index contributed by atoms with van der Waals surface area (Å²) in [6.07, 6.45) is 15.2. The molecule has 45 heavy (non-hydrogen) atoms. The summed E-state index contributed by atoms with van der Waals surface area (Å²) in [5.74, 6) is -1.07. The summed E-state index contributed by atoms with van der Waals surface area (Å²) in [6.45, 7) is 14.9. The van der Waals surface area contributed by atoms with Gasteiger partial charge in [0, 0.05) is 42.3 Å². The molecule has 0 radical (unpaired) electrons. The number of carbonyl (C=O) groups excluding carboxylic acids is 4. The highest BCUT2D eigenvalue weighted by molar-refractivity contribution is 6.29. The second-order valence-corrected chi connectivity index (χ2v) is 12.8. The van der Waals surface area contributed by atoms with E-state index in [4.69, 9.17) is 25.8 Å². The fourth-order valence-electron chi connectivity index (χ4n) is 4.18. The maximum atomic E-state index is 13.0. The molecule has 1 aliphatic rings. The van der Waals surface area contributed by atoms with E-state index >= 15 is 0 Å². The highest BCUT2D eigenvalue weighted by Gasteiger charge is 2.32. The highest BCUT2D eigenvalue weighted by Crippen LogP contribution is 2.23. The molecule has 1 aliphatic heterocycles. The van der Waals surface area contributed by atoms with E-state index in [0.717, 1.165) is 5.57 Å². The molecule has 0 aliphatic carbocycles. The molecule has 11 heteroatoms. The van der Waals surface area contributed by atoms with E-state index in [1.54, 1.807) is 37.3 Å². The first-order valence-electron chi connectivity index (χ1n) is 15.1. The molecule has 3 amide bonds. The minimum atomic E-state index is -0.817. The molecule has 4 atom stereocenters. The van der Waals surface area contributed by atoms with Gasteiger partial charge in [0.1, 0.15) is 18.2 Å². The van der Waals surface area contributed by atoms with Crippen LogP contribution in [0, 0.1) is 11.3 Å². The normalized spacial score (nSPS) is 18.4. The number of cyclic esters (lactones) is 1.